The molecule has 3 heteroatoms. The molecule has 1 aliphatic rings. The highest BCUT2D eigenvalue weighted by molar-refractivity contribution is 5.22. The second-order valence-corrected chi connectivity index (χ2v) is 5.33. The first-order valence-electron chi connectivity index (χ1n) is 6.44. The molecular weight excluding hydrogens is 232 g/mol. The Kier molecular flexibility index (Phi) is 3.65. The Morgan fingerprint density at radius 3 is 2.72 bits per heavy atom. The van der Waals surface area contributed by atoms with E-state index in [0.717, 1.165) is 31.7 Å². The predicted molar refractivity (Wildman–Crippen MR) is 65.7 cm³/mol. The summed E-state index contributed by atoms with van der Waals surface area (Å²) in [5.41, 5.74) is 0.331. The molecule has 0 spiro atoms. The summed E-state index contributed by atoms with van der Waals surface area (Å²) < 4.78 is 26.0. The average Bonchev–Trinajstić information content (AvgIpc) is 2.78. The zero-order valence-corrected chi connectivity index (χ0v) is 10.5. The SMILES string of the molecule is CCC1CCC(C#N)(Cc2ccc(F)c(F)c2)C1. The van der Waals surface area contributed by atoms with E-state index in [9.17, 15) is 14.0 Å². The molecule has 1 aliphatic carbocycles. The van der Waals surface area contributed by atoms with Gasteiger partial charge in [-0.05, 0) is 49.3 Å². The summed E-state index contributed by atoms with van der Waals surface area (Å²) in [7, 11) is 0. The zero-order valence-electron chi connectivity index (χ0n) is 10.5. The van der Waals surface area contributed by atoms with Crippen molar-refractivity contribution in [2.75, 3.05) is 0 Å². The standard InChI is InChI=1S/C15H17F2N/c1-2-11-5-6-15(8-11,10-18)9-12-3-4-13(16)14(17)7-12/h3-4,7,11H,2,5-6,8-9H2,1H3. The van der Waals surface area contributed by atoms with Gasteiger partial charge in [-0.3, -0.25) is 0 Å². The topological polar surface area (TPSA) is 23.8 Å². The van der Waals surface area contributed by atoms with Crippen molar-refractivity contribution in [2.45, 2.75) is 39.0 Å². The van der Waals surface area contributed by atoms with Gasteiger partial charge in [-0.2, -0.15) is 5.26 Å². The molecule has 18 heavy (non-hydrogen) atoms. The van der Waals surface area contributed by atoms with Gasteiger partial charge in [0.05, 0.1) is 11.5 Å². The first kappa shape index (κ1) is 13.0. The zero-order chi connectivity index (χ0) is 13.2. The highest BCUT2D eigenvalue weighted by Gasteiger charge is 2.38. The van der Waals surface area contributed by atoms with Crippen molar-refractivity contribution in [3.63, 3.8) is 0 Å². The first-order chi connectivity index (χ1) is 8.58. The second-order valence-electron chi connectivity index (χ2n) is 5.33. The van der Waals surface area contributed by atoms with Gasteiger partial charge in [0.2, 0.25) is 0 Å². The van der Waals surface area contributed by atoms with Crippen LogP contribution in [0.1, 0.15) is 38.2 Å². The quantitative estimate of drug-likeness (QED) is 0.786. The molecular formula is C15H17F2N. The molecule has 2 atom stereocenters. The van der Waals surface area contributed by atoms with Crippen LogP contribution in [0.4, 0.5) is 8.78 Å². The van der Waals surface area contributed by atoms with Gasteiger partial charge in [0, 0.05) is 0 Å². The van der Waals surface area contributed by atoms with Gasteiger partial charge in [-0.25, -0.2) is 8.78 Å². The Labute approximate surface area is 106 Å². The monoisotopic (exact) mass is 249 g/mol. The lowest BCUT2D eigenvalue weighted by Crippen LogP contribution is -2.18. The molecule has 0 bridgehead atoms. The van der Waals surface area contributed by atoms with Crippen LogP contribution in [-0.4, -0.2) is 0 Å². The Hall–Kier alpha value is -1.43. The van der Waals surface area contributed by atoms with Crippen molar-refractivity contribution >= 4 is 0 Å². The van der Waals surface area contributed by atoms with Crippen LogP contribution in [0.5, 0.6) is 0 Å². The van der Waals surface area contributed by atoms with Crippen LogP contribution in [0.25, 0.3) is 0 Å². The molecule has 96 valence electrons. The highest BCUT2D eigenvalue weighted by atomic mass is 19.2. The van der Waals surface area contributed by atoms with Crippen LogP contribution in [-0.2, 0) is 6.42 Å². The van der Waals surface area contributed by atoms with E-state index in [0.29, 0.717) is 17.9 Å². The third kappa shape index (κ3) is 2.53. The molecule has 0 amide bonds. The van der Waals surface area contributed by atoms with E-state index in [-0.39, 0.29) is 5.41 Å². The summed E-state index contributed by atoms with van der Waals surface area (Å²) in [5, 5.41) is 9.40. The lowest BCUT2D eigenvalue weighted by molar-refractivity contribution is 0.379. The van der Waals surface area contributed by atoms with Crippen molar-refractivity contribution in [1.82, 2.24) is 0 Å². The number of hydrogen-bond donors (Lipinski definition) is 0. The number of halogens is 2. The van der Waals surface area contributed by atoms with Gasteiger partial charge in [0.1, 0.15) is 0 Å². The molecule has 1 fully saturated rings. The summed E-state index contributed by atoms with van der Waals surface area (Å²) in [6.45, 7) is 2.13. The number of hydrogen-bond acceptors (Lipinski definition) is 1. The molecule has 1 aromatic carbocycles. The molecule has 0 radical (unpaired) electrons. The highest BCUT2D eigenvalue weighted by Crippen LogP contribution is 2.44. The first-order valence-corrected chi connectivity index (χ1v) is 6.44. The van der Waals surface area contributed by atoms with Crippen LogP contribution in [0, 0.1) is 34.3 Å². The number of rotatable bonds is 3. The van der Waals surface area contributed by atoms with Gasteiger partial charge in [0.25, 0.3) is 0 Å². The number of benzene rings is 1. The summed E-state index contributed by atoms with van der Waals surface area (Å²) in [6.07, 6.45) is 4.41. The van der Waals surface area contributed by atoms with Crippen LogP contribution in [0.15, 0.2) is 18.2 Å². The van der Waals surface area contributed by atoms with E-state index in [4.69, 9.17) is 0 Å². The number of nitriles is 1. The Bertz CT molecular complexity index is 478. The predicted octanol–water partition coefficient (Wildman–Crippen LogP) is 4.23. The van der Waals surface area contributed by atoms with Gasteiger partial charge < -0.3 is 0 Å². The van der Waals surface area contributed by atoms with E-state index in [1.165, 1.54) is 6.07 Å². The Balaban J connectivity index is 2.16. The van der Waals surface area contributed by atoms with Crippen molar-refractivity contribution in [2.24, 2.45) is 11.3 Å². The molecule has 1 aromatic rings. The average molecular weight is 249 g/mol. The molecule has 2 unspecified atom stereocenters. The fraction of sp³-hybridized carbons (Fsp3) is 0.533. The number of nitrogens with zero attached hydrogens (tertiary/aromatic N) is 1. The van der Waals surface area contributed by atoms with Crippen molar-refractivity contribution in [3.05, 3.63) is 35.4 Å². The third-order valence-electron chi connectivity index (χ3n) is 4.05. The van der Waals surface area contributed by atoms with E-state index in [2.05, 4.69) is 13.0 Å². The molecule has 0 aromatic heterocycles. The molecule has 0 saturated heterocycles. The Morgan fingerprint density at radius 2 is 2.17 bits per heavy atom. The molecule has 0 heterocycles. The van der Waals surface area contributed by atoms with Crippen molar-refractivity contribution in [1.29, 1.82) is 5.26 Å². The fourth-order valence-corrected chi connectivity index (χ4v) is 2.93. The molecule has 1 saturated carbocycles. The molecule has 0 N–H and O–H groups in total. The Morgan fingerprint density at radius 1 is 1.39 bits per heavy atom. The summed E-state index contributed by atoms with van der Waals surface area (Å²) in [6, 6.07) is 6.35. The maximum Gasteiger partial charge on any atom is 0.159 e. The van der Waals surface area contributed by atoms with Gasteiger partial charge >= 0.3 is 0 Å². The van der Waals surface area contributed by atoms with E-state index >= 15 is 0 Å². The van der Waals surface area contributed by atoms with Crippen molar-refractivity contribution in [3.8, 4) is 6.07 Å². The summed E-state index contributed by atoms with van der Waals surface area (Å²) in [4.78, 5) is 0. The molecule has 2 rings (SSSR count). The van der Waals surface area contributed by atoms with E-state index < -0.39 is 11.6 Å². The van der Waals surface area contributed by atoms with Gasteiger partial charge in [-0.15, -0.1) is 0 Å². The smallest absolute Gasteiger partial charge is 0.159 e. The minimum Gasteiger partial charge on any atom is -0.204 e. The van der Waals surface area contributed by atoms with Crippen LogP contribution < -0.4 is 0 Å². The van der Waals surface area contributed by atoms with Crippen LogP contribution >= 0.6 is 0 Å². The minimum absolute atomic E-state index is 0.384. The maximum atomic E-state index is 13.2. The van der Waals surface area contributed by atoms with E-state index in [1.54, 1.807) is 6.07 Å². The maximum absolute atomic E-state index is 13.2. The molecule has 0 aliphatic heterocycles. The lowest BCUT2D eigenvalue weighted by Gasteiger charge is -2.21. The normalized spacial score (nSPS) is 27.1. The van der Waals surface area contributed by atoms with Gasteiger partial charge in [-0.1, -0.05) is 19.4 Å². The van der Waals surface area contributed by atoms with Gasteiger partial charge in [0.15, 0.2) is 11.6 Å². The van der Waals surface area contributed by atoms with E-state index in [1.807, 2.05) is 0 Å². The van der Waals surface area contributed by atoms with Crippen LogP contribution in [0.2, 0.25) is 0 Å². The second kappa shape index (κ2) is 5.06. The molecule has 1 nitrogen and oxygen atoms in total. The van der Waals surface area contributed by atoms with Crippen molar-refractivity contribution < 1.29 is 8.78 Å². The fourth-order valence-electron chi connectivity index (χ4n) is 2.93. The van der Waals surface area contributed by atoms with Crippen LogP contribution in [0.3, 0.4) is 0 Å². The summed E-state index contributed by atoms with van der Waals surface area (Å²) >= 11 is 0. The minimum atomic E-state index is -0.831. The third-order valence-corrected chi connectivity index (χ3v) is 4.05. The summed E-state index contributed by atoms with van der Waals surface area (Å²) in [5.74, 6) is -1.07. The largest absolute Gasteiger partial charge is 0.204 e. The lowest BCUT2D eigenvalue weighted by atomic mass is 9.80.